The van der Waals surface area contributed by atoms with Crippen molar-refractivity contribution in [1.29, 1.82) is 0 Å². The van der Waals surface area contributed by atoms with Crippen LogP contribution in [-0.2, 0) is 4.74 Å². The highest BCUT2D eigenvalue weighted by Crippen LogP contribution is 2.14. The molecule has 0 aliphatic heterocycles. The molecule has 5 heteroatoms. The van der Waals surface area contributed by atoms with E-state index in [1.54, 1.807) is 37.5 Å². The minimum atomic E-state index is 0.372. The normalized spacial score (nSPS) is 12.6. The van der Waals surface area contributed by atoms with Crippen molar-refractivity contribution in [3.8, 4) is 0 Å². The van der Waals surface area contributed by atoms with Crippen molar-refractivity contribution in [2.45, 2.75) is 24.4 Å². The molecule has 0 bridgehead atoms. The number of methoxy groups -OCH3 is 1. The molecule has 4 nitrogen and oxygen atoms in total. The van der Waals surface area contributed by atoms with Gasteiger partial charge in [-0.25, -0.2) is 4.98 Å². The van der Waals surface area contributed by atoms with Gasteiger partial charge in [0.15, 0.2) is 0 Å². The van der Waals surface area contributed by atoms with Crippen molar-refractivity contribution in [3.05, 3.63) is 18.6 Å². The summed E-state index contributed by atoms with van der Waals surface area (Å²) in [6, 6.07) is 0.372. The second-order valence-corrected chi connectivity index (χ2v) is 4.50. The molecule has 90 valence electrons. The average Bonchev–Trinajstić information content (AvgIpc) is 2.34. The van der Waals surface area contributed by atoms with Crippen LogP contribution < -0.4 is 5.32 Å². The van der Waals surface area contributed by atoms with Crippen molar-refractivity contribution in [2.24, 2.45) is 0 Å². The molecular weight excluding hydrogens is 222 g/mol. The van der Waals surface area contributed by atoms with Gasteiger partial charge in [0.1, 0.15) is 5.03 Å². The molecule has 1 atom stereocenters. The third kappa shape index (κ3) is 5.44. The minimum absolute atomic E-state index is 0.372. The van der Waals surface area contributed by atoms with Gasteiger partial charge in [0, 0.05) is 31.3 Å². The third-order valence-corrected chi connectivity index (χ3v) is 3.10. The molecule has 0 amide bonds. The molecule has 0 fully saturated rings. The Labute approximate surface area is 101 Å². The van der Waals surface area contributed by atoms with Gasteiger partial charge in [-0.2, -0.15) is 0 Å². The van der Waals surface area contributed by atoms with Gasteiger partial charge in [0.05, 0.1) is 12.8 Å². The van der Waals surface area contributed by atoms with Crippen LogP contribution in [0, 0.1) is 0 Å². The number of rotatable bonds is 8. The van der Waals surface area contributed by atoms with Gasteiger partial charge in [-0.3, -0.25) is 4.98 Å². The maximum Gasteiger partial charge on any atom is 0.114 e. The summed E-state index contributed by atoms with van der Waals surface area (Å²) in [7, 11) is 1.73. The van der Waals surface area contributed by atoms with Crippen LogP contribution in [0.25, 0.3) is 0 Å². The summed E-state index contributed by atoms with van der Waals surface area (Å²) in [6.07, 6.45) is 6.32. The number of nitrogens with zero attached hydrogens (tertiary/aromatic N) is 2. The predicted molar refractivity (Wildman–Crippen MR) is 66.7 cm³/mol. The van der Waals surface area contributed by atoms with E-state index in [2.05, 4.69) is 22.2 Å². The molecule has 1 unspecified atom stereocenters. The molecule has 16 heavy (non-hydrogen) atoms. The summed E-state index contributed by atoms with van der Waals surface area (Å²) in [5.41, 5.74) is 0. The topological polar surface area (TPSA) is 47.0 Å². The number of nitrogens with one attached hydrogen (secondary N) is 1. The molecule has 0 spiro atoms. The van der Waals surface area contributed by atoms with Gasteiger partial charge in [-0.1, -0.05) is 6.92 Å². The molecule has 0 saturated carbocycles. The zero-order valence-corrected chi connectivity index (χ0v) is 10.7. The second kappa shape index (κ2) is 8.50. The fourth-order valence-corrected chi connectivity index (χ4v) is 2.12. The summed E-state index contributed by atoms with van der Waals surface area (Å²) in [5, 5.41) is 4.41. The van der Waals surface area contributed by atoms with Crippen LogP contribution in [0.3, 0.4) is 0 Å². The first kappa shape index (κ1) is 13.4. The molecule has 0 aromatic carbocycles. The molecule has 1 heterocycles. The largest absolute Gasteiger partial charge is 0.383 e. The number of aromatic nitrogens is 2. The van der Waals surface area contributed by atoms with Gasteiger partial charge in [-0.05, 0) is 13.0 Å². The average molecular weight is 241 g/mol. The zero-order chi connectivity index (χ0) is 11.6. The first-order chi connectivity index (χ1) is 7.86. The van der Waals surface area contributed by atoms with Crippen LogP contribution in [0.15, 0.2) is 23.6 Å². The Morgan fingerprint density at radius 1 is 1.50 bits per heavy atom. The van der Waals surface area contributed by atoms with E-state index in [1.807, 2.05) is 0 Å². The van der Waals surface area contributed by atoms with E-state index in [0.717, 1.165) is 30.4 Å². The number of ether oxygens (including phenoxy) is 1. The van der Waals surface area contributed by atoms with Crippen LogP contribution in [0.5, 0.6) is 0 Å². The van der Waals surface area contributed by atoms with Crippen LogP contribution in [-0.4, -0.2) is 42.0 Å². The quantitative estimate of drug-likeness (QED) is 0.700. The molecule has 1 aromatic heterocycles. The molecule has 1 aromatic rings. The Morgan fingerprint density at radius 2 is 2.38 bits per heavy atom. The maximum absolute atomic E-state index is 5.18. The Balaban J connectivity index is 2.31. The standard InChI is InChI=1S/C11H19N3OS/c1-3-4-13-10(8-15-2)9-16-11-7-12-5-6-14-11/h5-7,10,13H,3-4,8-9H2,1-2H3. The van der Waals surface area contributed by atoms with E-state index < -0.39 is 0 Å². The molecule has 0 radical (unpaired) electrons. The van der Waals surface area contributed by atoms with E-state index in [-0.39, 0.29) is 0 Å². The summed E-state index contributed by atoms with van der Waals surface area (Å²) in [6.45, 7) is 3.91. The van der Waals surface area contributed by atoms with Crippen molar-refractivity contribution in [3.63, 3.8) is 0 Å². The van der Waals surface area contributed by atoms with Gasteiger partial charge in [0.2, 0.25) is 0 Å². The Morgan fingerprint density at radius 3 is 3.00 bits per heavy atom. The van der Waals surface area contributed by atoms with Crippen molar-refractivity contribution in [2.75, 3.05) is 26.0 Å². The lowest BCUT2D eigenvalue weighted by Crippen LogP contribution is -2.35. The Kier molecular flexibility index (Phi) is 7.12. The fraction of sp³-hybridized carbons (Fsp3) is 0.636. The summed E-state index contributed by atoms with van der Waals surface area (Å²) in [5.74, 6) is 0.951. The highest BCUT2D eigenvalue weighted by Gasteiger charge is 2.08. The van der Waals surface area contributed by atoms with Crippen LogP contribution >= 0.6 is 11.8 Å². The lowest BCUT2D eigenvalue weighted by molar-refractivity contribution is 0.174. The Bertz CT molecular complexity index is 271. The molecule has 0 aliphatic rings. The molecule has 0 aliphatic carbocycles. The van der Waals surface area contributed by atoms with E-state index in [0.29, 0.717) is 6.04 Å². The number of hydrogen-bond acceptors (Lipinski definition) is 5. The van der Waals surface area contributed by atoms with Gasteiger partial charge < -0.3 is 10.1 Å². The van der Waals surface area contributed by atoms with Crippen molar-refractivity contribution < 1.29 is 4.74 Å². The monoisotopic (exact) mass is 241 g/mol. The highest BCUT2D eigenvalue weighted by atomic mass is 32.2. The van der Waals surface area contributed by atoms with E-state index in [1.165, 1.54) is 0 Å². The van der Waals surface area contributed by atoms with E-state index >= 15 is 0 Å². The van der Waals surface area contributed by atoms with Gasteiger partial charge in [0.25, 0.3) is 0 Å². The third-order valence-electron chi connectivity index (χ3n) is 2.02. The van der Waals surface area contributed by atoms with E-state index in [9.17, 15) is 0 Å². The summed E-state index contributed by atoms with van der Waals surface area (Å²) in [4.78, 5) is 8.26. The molecule has 1 rings (SSSR count). The lowest BCUT2D eigenvalue weighted by Gasteiger charge is -2.16. The predicted octanol–water partition coefficient (Wildman–Crippen LogP) is 1.58. The molecule has 0 saturated heterocycles. The SMILES string of the molecule is CCCNC(COC)CSc1cnccn1. The minimum Gasteiger partial charge on any atom is -0.383 e. The number of thioether (sulfide) groups is 1. The molecule has 1 N–H and O–H groups in total. The maximum atomic E-state index is 5.18. The van der Waals surface area contributed by atoms with E-state index in [4.69, 9.17) is 4.74 Å². The van der Waals surface area contributed by atoms with Crippen LogP contribution in [0.4, 0.5) is 0 Å². The number of hydrogen-bond donors (Lipinski definition) is 1. The molecular formula is C11H19N3OS. The summed E-state index contributed by atoms with van der Waals surface area (Å²) >= 11 is 1.70. The first-order valence-electron chi connectivity index (χ1n) is 5.48. The second-order valence-electron chi connectivity index (χ2n) is 3.46. The zero-order valence-electron chi connectivity index (χ0n) is 9.85. The lowest BCUT2D eigenvalue weighted by atomic mass is 10.3. The van der Waals surface area contributed by atoms with Gasteiger partial charge >= 0.3 is 0 Å². The van der Waals surface area contributed by atoms with Gasteiger partial charge in [-0.15, -0.1) is 11.8 Å². The smallest absolute Gasteiger partial charge is 0.114 e. The van der Waals surface area contributed by atoms with Crippen molar-refractivity contribution >= 4 is 11.8 Å². The van der Waals surface area contributed by atoms with Crippen LogP contribution in [0.2, 0.25) is 0 Å². The first-order valence-corrected chi connectivity index (χ1v) is 6.46. The Hall–Kier alpha value is -0.650. The summed E-state index contributed by atoms with van der Waals surface area (Å²) < 4.78 is 5.18. The fourth-order valence-electron chi connectivity index (χ4n) is 1.26. The highest BCUT2D eigenvalue weighted by molar-refractivity contribution is 7.99. The van der Waals surface area contributed by atoms with Crippen molar-refractivity contribution in [1.82, 2.24) is 15.3 Å². The van der Waals surface area contributed by atoms with Crippen LogP contribution in [0.1, 0.15) is 13.3 Å².